The van der Waals surface area contributed by atoms with Gasteiger partial charge >= 0.3 is 12.0 Å². The van der Waals surface area contributed by atoms with Gasteiger partial charge in [0.1, 0.15) is 0 Å². The smallest absolute Gasteiger partial charge is 0.318 e. The van der Waals surface area contributed by atoms with Crippen LogP contribution in [0.5, 0.6) is 0 Å². The Morgan fingerprint density at radius 2 is 1.88 bits per heavy atom. The molecule has 1 unspecified atom stereocenters. The minimum Gasteiger partial charge on any atom is -0.481 e. The number of nitrogens with one attached hydrogen (secondary N) is 1. The molecule has 0 aliphatic rings. The summed E-state index contributed by atoms with van der Waals surface area (Å²) in [7, 11) is 0. The van der Waals surface area contributed by atoms with Crippen molar-refractivity contribution in [2.45, 2.75) is 19.4 Å². The number of carbonyl (C=O) groups is 2. The van der Waals surface area contributed by atoms with Gasteiger partial charge in [-0.3, -0.25) is 4.79 Å². The molecule has 0 bridgehead atoms. The maximum Gasteiger partial charge on any atom is 0.318 e. The lowest BCUT2D eigenvalue weighted by Gasteiger charge is -2.22. The van der Waals surface area contributed by atoms with Crippen LogP contribution in [0.3, 0.4) is 0 Å². The molecule has 0 aliphatic carbocycles. The molecule has 0 fully saturated rings. The van der Waals surface area contributed by atoms with Crippen molar-refractivity contribution in [3.63, 3.8) is 0 Å². The predicted octanol–water partition coefficient (Wildman–Crippen LogP) is 1.23. The molecule has 16 heavy (non-hydrogen) atoms. The third kappa shape index (κ3) is 5.85. The molecular weight excluding hydrogens is 208 g/mol. The Bertz CT molecular complexity index is 266. The van der Waals surface area contributed by atoms with E-state index in [-0.39, 0.29) is 12.5 Å². The normalized spacial score (nSPS) is 11.3. The molecule has 0 aromatic rings. The molecule has 2 amide bonds. The second-order valence-corrected chi connectivity index (χ2v) is 3.43. The maximum absolute atomic E-state index is 11.6. The van der Waals surface area contributed by atoms with Crippen LogP contribution in [0, 0.1) is 0 Å². The van der Waals surface area contributed by atoms with E-state index < -0.39 is 12.0 Å². The van der Waals surface area contributed by atoms with Crippen molar-refractivity contribution in [2.24, 2.45) is 0 Å². The van der Waals surface area contributed by atoms with Crippen LogP contribution in [0.15, 0.2) is 25.3 Å². The Labute approximate surface area is 95.4 Å². The van der Waals surface area contributed by atoms with Crippen molar-refractivity contribution in [3.05, 3.63) is 25.3 Å². The van der Waals surface area contributed by atoms with Crippen LogP contribution in [0.25, 0.3) is 0 Å². The standard InChI is InChI=1S/C11H18N2O3/c1-4-6-13(7-5-2)11(16)12-9(3)8-10(14)15/h4-5,9H,1-2,6-8H2,3H3,(H,12,16)(H,14,15). The maximum atomic E-state index is 11.6. The zero-order valence-corrected chi connectivity index (χ0v) is 9.48. The topological polar surface area (TPSA) is 69.6 Å². The van der Waals surface area contributed by atoms with E-state index in [4.69, 9.17) is 5.11 Å². The molecule has 0 radical (unpaired) electrons. The number of carbonyl (C=O) groups excluding carboxylic acids is 1. The third-order valence-corrected chi connectivity index (χ3v) is 1.84. The van der Waals surface area contributed by atoms with E-state index in [9.17, 15) is 9.59 Å². The van der Waals surface area contributed by atoms with E-state index >= 15 is 0 Å². The molecule has 5 nitrogen and oxygen atoms in total. The number of rotatable bonds is 7. The number of nitrogens with zero attached hydrogens (tertiary/aromatic N) is 1. The molecule has 0 aromatic carbocycles. The van der Waals surface area contributed by atoms with Gasteiger partial charge in [0.25, 0.3) is 0 Å². The third-order valence-electron chi connectivity index (χ3n) is 1.84. The van der Waals surface area contributed by atoms with Crippen molar-refractivity contribution in [2.75, 3.05) is 13.1 Å². The van der Waals surface area contributed by atoms with E-state index in [1.54, 1.807) is 19.1 Å². The summed E-state index contributed by atoms with van der Waals surface area (Å²) in [4.78, 5) is 23.5. The van der Waals surface area contributed by atoms with E-state index in [0.717, 1.165) is 0 Å². The molecule has 0 aromatic heterocycles. The van der Waals surface area contributed by atoms with Gasteiger partial charge in [0.15, 0.2) is 0 Å². The van der Waals surface area contributed by atoms with E-state index in [0.29, 0.717) is 13.1 Å². The zero-order chi connectivity index (χ0) is 12.6. The van der Waals surface area contributed by atoms with Crippen LogP contribution in [-0.2, 0) is 4.79 Å². The largest absolute Gasteiger partial charge is 0.481 e. The average Bonchev–Trinajstić information content (AvgIpc) is 2.15. The minimum atomic E-state index is -0.938. The molecule has 0 saturated heterocycles. The minimum absolute atomic E-state index is 0.0955. The second kappa shape index (κ2) is 7.50. The SMILES string of the molecule is C=CCN(CC=C)C(=O)NC(C)CC(=O)O. The highest BCUT2D eigenvalue weighted by Gasteiger charge is 2.14. The summed E-state index contributed by atoms with van der Waals surface area (Å²) in [6.07, 6.45) is 3.11. The molecular formula is C11H18N2O3. The van der Waals surface area contributed by atoms with Gasteiger partial charge in [-0.15, -0.1) is 13.2 Å². The lowest BCUT2D eigenvalue weighted by molar-refractivity contribution is -0.137. The number of hydrogen-bond donors (Lipinski definition) is 2. The summed E-state index contributed by atoms with van der Waals surface area (Å²) < 4.78 is 0. The number of carboxylic acids is 1. The lowest BCUT2D eigenvalue weighted by atomic mass is 10.2. The molecule has 0 heterocycles. The number of urea groups is 1. The van der Waals surface area contributed by atoms with Gasteiger partial charge in [-0.2, -0.15) is 0 Å². The van der Waals surface area contributed by atoms with Crippen LogP contribution in [0.1, 0.15) is 13.3 Å². The van der Waals surface area contributed by atoms with E-state index in [1.165, 1.54) is 4.90 Å². The first kappa shape index (κ1) is 14.2. The molecule has 0 saturated carbocycles. The van der Waals surface area contributed by atoms with E-state index in [1.807, 2.05) is 0 Å². The fourth-order valence-corrected chi connectivity index (χ4v) is 1.17. The molecule has 90 valence electrons. The highest BCUT2D eigenvalue weighted by atomic mass is 16.4. The molecule has 0 rings (SSSR count). The summed E-state index contributed by atoms with van der Waals surface area (Å²) in [6.45, 7) is 9.53. The van der Waals surface area contributed by atoms with Crippen LogP contribution < -0.4 is 5.32 Å². The summed E-state index contributed by atoms with van der Waals surface area (Å²) in [5.41, 5.74) is 0. The van der Waals surface area contributed by atoms with Crippen LogP contribution >= 0.6 is 0 Å². The van der Waals surface area contributed by atoms with Gasteiger partial charge in [0.2, 0.25) is 0 Å². The Balaban J connectivity index is 4.22. The van der Waals surface area contributed by atoms with Crippen molar-refractivity contribution < 1.29 is 14.7 Å². The predicted molar refractivity (Wildman–Crippen MR) is 62.2 cm³/mol. The van der Waals surface area contributed by atoms with Gasteiger partial charge < -0.3 is 15.3 Å². The molecule has 2 N–H and O–H groups in total. The summed E-state index contributed by atoms with van der Waals surface area (Å²) >= 11 is 0. The molecule has 0 aliphatic heterocycles. The number of carboxylic acid groups (broad SMARTS) is 1. The number of aliphatic carboxylic acids is 1. The van der Waals surface area contributed by atoms with Gasteiger partial charge in [-0.05, 0) is 6.92 Å². The Morgan fingerprint density at radius 3 is 2.25 bits per heavy atom. The van der Waals surface area contributed by atoms with Crippen LogP contribution in [0.2, 0.25) is 0 Å². The Kier molecular flexibility index (Phi) is 6.67. The summed E-state index contributed by atoms with van der Waals surface area (Å²) in [5.74, 6) is -0.938. The zero-order valence-electron chi connectivity index (χ0n) is 9.48. The van der Waals surface area contributed by atoms with Gasteiger partial charge in [0.05, 0.1) is 6.42 Å². The van der Waals surface area contributed by atoms with Gasteiger partial charge in [0, 0.05) is 19.1 Å². The highest BCUT2D eigenvalue weighted by Crippen LogP contribution is 1.95. The first-order chi connectivity index (χ1) is 7.51. The van der Waals surface area contributed by atoms with Gasteiger partial charge in [-0.1, -0.05) is 12.2 Å². The molecule has 5 heteroatoms. The van der Waals surface area contributed by atoms with Crippen molar-refractivity contribution in [3.8, 4) is 0 Å². The summed E-state index contributed by atoms with van der Waals surface area (Å²) in [6, 6.07) is -0.712. The monoisotopic (exact) mass is 226 g/mol. The van der Waals surface area contributed by atoms with Crippen LogP contribution in [-0.4, -0.2) is 41.1 Å². The van der Waals surface area contributed by atoms with Crippen LogP contribution in [0.4, 0.5) is 4.79 Å². The second-order valence-electron chi connectivity index (χ2n) is 3.43. The fraction of sp³-hybridized carbons (Fsp3) is 0.455. The average molecular weight is 226 g/mol. The Morgan fingerprint density at radius 1 is 1.38 bits per heavy atom. The van der Waals surface area contributed by atoms with Gasteiger partial charge in [-0.25, -0.2) is 4.79 Å². The van der Waals surface area contributed by atoms with Crippen molar-refractivity contribution >= 4 is 12.0 Å². The lowest BCUT2D eigenvalue weighted by Crippen LogP contribution is -2.44. The molecule has 0 spiro atoms. The summed E-state index contributed by atoms with van der Waals surface area (Å²) in [5, 5.41) is 11.1. The first-order valence-electron chi connectivity index (χ1n) is 5.00. The van der Waals surface area contributed by atoms with Crippen molar-refractivity contribution in [1.82, 2.24) is 10.2 Å². The molecule has 1 atom stereocenters. The number of hydrogen-bond acceptors (Lipinski definition) is 2. The first-order valence-corrected chi connectivity index (χ1v) is 5.00. The van der Waals surface area contributed by atoms with E-state index in [2.05, 4.69) is 18.5 Å². The highest BCUT2D eigenvalue weighted by molar-refractivity contribution is 5.76. The quantitative estimate of drug-likeness (QED) is 0.641. The fourth-order valence-electron chi connectivity index (χ4n) is 1.17. The Hall–Kier alpha value is -1.78. The van der Waals surface area contributed by atoms with Crippen molar-refractivity contribution in [1.29, 1.82) is 0 Å². The number of amides is 2.